The largest absolute Gasteiger partial charge is 0.465 e. The number of methoxy groups -OCH3 is 1. The normalized spacial score (nSPS) is 19.1. The van der Waals surface area contributed by atoms with Gasteiger partial charge >= 0.3 is 5.97 Å². The van der Waals surface area contributed by atoms with Gasteiger partial charge in [-0.15, -0.1) is 0 Å². The minimum Gasteiger partial charge on any atom is -0.465 e. The van der Waals surface area contributed by atoms with Gasteiger partial charge in [0, 0.05) is 4.83 Å². The Bertz CT molecular complexity index is 374. The van der Waals surface area contributed by atoms with Gasteiger partial charge in [-0.05, 0) is 36.1 Å². The van der Waals surface area contributed by atoms with Gasteiger partial charge in [0.25, 0.3) is 0 Å². The third kappa shape index (κ3) is 1.57. The van der Waals surface area contributed by atoms with Gasteiger partial charge in [0.15, 0.2) is 0 Å². The van der Waals surface area contributed by atoms with Gasteiger partial charge in [0.2, 0.25) is 0 Å². The number of aryl methyl sites for hydroxylation is 1. The van der Waals surface area contributed by atoms with Crippen molar-refractivity contribution in [2.75, 3.05) is 7.11 Å². The van der Waals surface area contributed by atoms with Crippen LogP contribution in [-0.4, -0.2) is 13.1 Å². The Morgan fingerprint density at radius 1 is 1.57 bits per heavy atom. The predicted molar refractivity (Wildman–Crippen MR) is 57.8 cm³/mol. The van der Waals surface area contributed by atoms with E-state index in [0.717, 1.165) is 12.8 Å². The summed E-state index contributed by atoms with van der Waals surface area (Å²) in [6.45, 7) is 0. The van der Waals surface area contributed by atoms with Gasteiger partial charge in [0.05, 0.1) is 12.7 Å². The molecule has 0 heterocycles. The van der Waals surface area contributed by atoms with E-state index in [1.54, 1.807) is 0 Å². The number of alkyl halides is 1. The zero-order valence-corrected chi connectivity index (χ0v) is 9.50. The first-order chi connectivity index (χ1) is 6.72. The molecule has 1 unspecified atom stereocenters. The highest BCUT2D eigenvalue weighted by Gasteiger charge is 2.20. The SMILES string of the molecule is COC(=O)c1ccc2c(c1)CCC2Br. The average Bonchev–Trinajstić information content (AvgIpc) is 2.59. The Morgan fingerprint density at radius 2 is 2.36 bits per heavy atom. The first-order valence-corrected chi connectivity index (χ1v) is 5.49. The van der Waals surface area contributed by atoms with Crippen molar-refractivity contribution in [1.29, 1.82) is 0 Å². The number of fused-ring (bicyclic) bond motifs is 1. The van der Waals surface area contributed by atoms with Crippen molar-refractivity contribution in [3.8, 4) is 0 Å². The predicted octanol–water partition coefficient (Wildman–Crippen LogP) is 2.86. The number of carbonyl (C=O) groups excluding carboxylic acids is 1. The second kappa shape index (κ2) is 3.73. The lowest BCUT2D eigenvalue weighted by Crippen LogP contribution is -2.01. The Labute approximate surface area is 91.4 Å². The first kappa shape index (κ1) is 9.71. The summed E-state index contributed by atoms with van der Waals surface area (Å²) >= 11 is 3.60. The zero-order chi connectivity index (χ0) is 10.1. The lowest BCUT2D eigenvalue weighted by molar-refractivity contribution is 0.0600. The molecule has 0 saturated carbocycles. The minimum atomic E-state index is -0.258. The molecule has 74 valence electrons. The second-order valence-electron chi connectivity index (χ2n) is 3.41. The summed E-state index contributed by atoms with van der Waals surface area (Å²) in [4.78, 5) is 11.7. The highest BCUT2D eigenvalue weighted by atomic mass is 79.9. The molecule has 1 aromatic carbocycles. The quantitative estimate of drug-likeness (QED) is 0.569. The van der Waals surface area contributed by atoms with Crippen molar-refractivity contribution in [2.24, 2.45) is 0 Å². The molecular formula is C11H11BrO2. The second-order valence-corrected chi connectivity index (χ2v) is 4.52. The fourth-order valence-corrected chi connectivity index (χ4v) is 2.49. The molecule has 0 saturated heterocycles. The average molecular weight is 255 g/mol. The van der Waals surface area contributed by atoms with E-state index in [0.29, 0.717) is 10.4 Å². The molecule has 0 bridgehead atoms. The Kier molecular flexibility index (Phi) is 2.59. The number of esters is 1. The number of benzene rings is 1. The Morgan fingerprint density at radius 3 is 3.07 bits per heavy atom. The maximum atomic E-state index is 11.3. The van der Waals surface area contributed by atoms with Crippen LogP contribution in [0.1, 0.15) is 32.7 Å². The molecule has 0 radical (unpaired) electrons. The van der Waals surface area contributed by atoms with Gasteiger partial charge in [-0.25, -0.2) is 4.79 Å². The van der Waals surface area contributed by atoms with Crippen LogP contribution in [0.4, 0.5) is 0 Å². The fraction of sp³-hybridized carbons (Fsp3) is 0.364. The number of hydrogen-bond donors (Lipinski definition) is 0. The Hall–Kier alpha value is -0.830. The van der Waals surface area contributed by atoms with Crippen LogP contribution < -0.4 is 0 Å². The molecule has 0 amide bonds. The van der Waals surface area contributed by atoms with Gasteiger partial charge in [-0.3, -0.25) is 0 Å². The summed E-state index contributed by atoms with van der Waals surface area (Å²) < 4.78 is 4.67. The summed E-state index contributed by atoms with van der Waals surface area (Å²) in [5, 5.41) is 0. The highest BCUT2D eigenvalue weighted by Crippen LogP contribution is 2.37. The standard InChI is InChI=1S/C11H11BrO2/c1-14-11(13)8-2-4-9-7(6-8)3-5-10(9)12/h2,4,6,10H,3,5H2,1H3. The van der Waals surface area contributed by atoms with Crippen LogP contribution in [-0.2, 0) is 11.2 Å². The molecule has 1 aliphatic carbocycles. The molecule has 0 aliphatic heterocycles. The van der Waals surface area contributed by atoms with E-state index in [2.05, 4.69) is 20.7 Å². The number of carbonyl (C=O) groups is 1. The fourth-order valence-electron chi connectivity index (χ4n) is 1.81. The third-order valence-electron chi connectivity index (χ3n) is 2.57. The summed E-state index contributed by atoms with van der Waals surface area (Å²) in [5.74, 6) is -0.258. The van der Waals surface area contributed by atoms with Gasteiger partial charge in [-0.1, -0.05) is 22.0 Å². The van der Waals surface area contributed by atoms with E-state index < -0.39 is 0 Å². The summed E-state index contributed by atoms with van der Waals surface area (Å²) in [7, 11) is 1.41. The monoisotopic (exact) mass is 254 g/mol. The van der Waals surface area contributed by atoms with Crippen molar-refractivity contribution in [3.05, 3.63) is 34.9 Å². The molecule has 0 spiro atoms. The number of rotatable bonds is 1. The van der Waals surface area contributed by atoms with Crippen molar-refractivity contribution >= 4 is 21.9 Å². The number of hydrogen-bond acceptors (Lipinski definition) is 2. The number of halogens is 1. The van der Waals surface area contributed by atoms with Crippen molar-refractivity contribution in [2.45, 2.75) is 17.7 Å². The van der Waals surface area contributed by atoms with Crippen molar-refractivity contribution in [1.82, 2.24) is 0 Å². The Balaban J connectivity index is 2.37. The maximum Gasteiger partial charge on any atom is 0.337 e. The molecule has 0 fully saturated rings. The molecule has 0 N–H and O–H groups in total. The number of ether oxygens (including phenoxy) is 1. The van der Waals surface area contributed by atoms with Crippen LogP contribution in [0.3, 0.4) is 0 Å². The first-order valence-electron chi connectivity index (χ1n) is 4.57. The van der Waals surface area contributed by atoms with E-state index in [-0.39, 0.29) is 5.97 Å². The topological polar surface area (TPSA) is 26.3 Å². The molecule has 0 aromatic heterocycles. The molecule has 1 aromatic rings. The minimum absolute atomic E-state index is 0.258. The van der Waals surface area contributed by atoms with E-state index in [4.69, 9.17) is 0 Å². The summed E-state index contributed by atoms with van der Waals surface area (Å²) in [6.07, 6.45) is 2.15. The molecule has 1 aliphatic rings. The molecule has 2 nitrogen and oxygen atoms in total. The molecule has 3 heteroatoms. The highest BCUT2D eigenvalue weighted by molar-refractivity contribution is 9.09. The van der Waals surface area contributed by atoms with E-state index in [1.165, 1.54) is 18.2 Å². The van der Waals surface area contributed by atoms with E-state index in [1.807, 2.05) is 18.2 Å². The van der Waals surface area contributed by atoms with Crippen LogP contribution >= 0.6 is 15.9 Å². The third-order valence-corrected chi connectivity index (χ3v) is 3.52. The van der Waals surface area contributed by atoms with Crippen molar-refractivity contribution < 1.29 is 9.53 Å². The van der Waals surface area contributed by atoms with Crippen LogP contribution in [0, 0.1) is 0 Å². The van der Waals surface area contributed by atoms with Gasteiger partial charge in [-0.2, -0.15) is 0 Å². The maximum absolute atomic E-state index is 11.3. The molecule has 2 rings (SSSR count). The van der Waals surface area contributed by atoms with Gasteiger partial charge in [0.1, 0.15) is 0 Å². The molecule has 1 atom stereocenters. The molecular weight excluding hydrogens is 244 g/mol. The summed E-state index contributed by atoms with van der Waals surface area (Å²) in [6, 6.07) is 5.76. The van der Waals surface area contributed by atoms with Gasteiger partial charge < -0.3 is 4.74 Å². The van der Waals surface area contributed by atoms with Crippen LogP contribution in [0.15, 0.2) is 18.2 Å². The molecule has 14 heavy (non-hydrogen) atoms. The van der Waals surface area contributed by atoms with E-state index >= 15 is 0 Å². The van der Waals surface area contributed by atoms with Crippen LogP contribution in [0.25, 0.3) is 0 Å². The van der Waals surface area contributed by atoms with Crippen molar-refractivity contribution in [3.63, 3.8) is 0 Å². The van der Waals surface area contributed by atoms with E-state index in [9.17, 15) is 4.79 Å². The zero-order valence-electron chi connectivity index (χ0n) is 7.92. The van der Waals surface area contributed by atoms with Crippen LogP contribution in [0.5, 0.6) is 0 Å². The smallest absolute Gasteiger partial charge is 0.337 e. The summed E-state index contributed by atoms with van der Waals surface area (Å²) in [5.41, 5.74) is 3.21. The van der Waals surface area contributed by atoms with Crippen LogP contribution in [0.2, 0.25) is 0 Å². The lowest BCUT2D eigenvalue weighted by Gasteiger charge is -2.04. The lowest BCUT2D eigenvalue weighted by atomic mass is 10.1.